The normalized spacial score (nSPS) is 12.6. The highest BCUT2D eigenvalue weighted by Gasteiger charge is 2.18. The standard InChI is InChI=1S/C17H23NO/c1-5-9-18-17(16-8-10-19-14(16)4)15-7-6-12(2)11-13(15)3/h6-8,10-11,17-18H,5,9H2,1-4H3. The molecule has 1 unspecified atom stereocenters. The first-order valence-electron chi connectivity index (χ1n) is 6.98. The van der Waals surface area contributed by atoms with E-state index in [9.17, 15) is 0 Å². The van der Waals surface area contributed by atoms with Crippen molar-refractivity contribution in [2.45, 2.75) is 40.2 Å². The van der Waals surface area contributed by atoms with Crippen molar-refractivity contribution in [2.75, 3.05) is 6.54 Å². The Balaban J connectivity index is 2.40. The molecule has 2 aromatic rings. The summed E-state index contributed by atoms with van der Waals surface area (Å²) >= 11 is 0. The molecule has 2 nitrogen and oxygen atoms in total. The fourth-order valence-electron chi connectivity index (χ4n) is 2.52. The van der Waals surface area contributed by atoms with Gasteiger partial charge < -0.3 is 9.73 Å². The van der Waals surface area contributed by atoms with E-state index in [0.29, 0.717) is 0 Å². The molecule has 0 bridgehead atoms. The minimum atomic E-state index is 0.222. The Kier molecular flexibility index (Phi) is 4.43. The summed E-state index contributed by atoms with van der Waals surface area (Å²) in [6, 6.07) is 8.94. The first-order chi connectivity index (χ1) is 9.13. The quantitative estimate of drug-likeness (QED) is 0.864. The second-order valence-electron chi connectivity index (χ2n) is 5.18. The van der Waals surface area contributed by atoms with E-state index in [4.69, 9.17) is 4.42 Å². The van der Waals surface area contributed by atoms with E-state index in [-0.39, 0.29) is 6.04 Å². The number of hydrogen-bond donors (Lipinski definition) is 1. The number of rotatable bonds is 5. The summed E-state index contributed by atoms with van der Waals surface area (Å²) in [6.07, 6.45) is 2.90. The Morgan fingerprint density at radius 3 is 2.47 bits per heavy atom. The second-order valence-corrected chi connectivity index (χ2v) is 5.18. The van der Waals surface area contributed by atoms with E-state index >= 15 is 0 Å². The van der Waals surface area contributed by atoms with Crippen LogP contribution in [0.2, 0.25) is 0 Å². The van der Waals surface area contributed by atoms with Gasteiger partial charge in [-0.2, -0.15) is 0 Å². The molecule has 0 fully saturated rings. The van der Waals surface area contributed by atoms with E-state index in [2.05, 4.69) is 50.4 Å². The Morgan fingerprint density at radius 1 is 1.11 bits per heavy atom. The summed E-state index contributed by atoms with van der Waals surface area (Å²) in [5, 5.41) is 3.63. The van der Waals surface area contributed by atoms with Crippen molar-refractivity contribution in [3.05, 3.63) is 58.5 Å². The maximum Gasteiger partial charge on any atom is 0.105 e. The number of hydrogen-bond acceptors (Lipinski definition) is 2. The number of benzene rings is 1. The fraction of sp³-hybridized carbons (Fsp3) is 0.412. The maximum atomic E-state index is 5.47. The predicted octanol–water partition coefficient (Wildman–Crippen LogP) is 4.29. The molecule has 2 rings (SSSR count). The van der Waals surface area contributed by atoms with Crippen LogP contribution < -0.4 is 5.32 Å². The third-order valence-corrected chi connectivity index (χ3v) is 3.54. The highest BCUT2D eigenvalue weighted by atomic mass is 16.3. The van der Waals surface area contributed by atoms with Gasteiger partial charge in [-0.15, -0.1) is 0 Å². The molecule has 1 aromatic heterocycles. The lowest BCUT2D eigenvalue weighted by Gasteiger charge is -2.21. The van der Waals surface area contributed by atoms with Gasteiger partial charge in [-0.3, -0.25) is 0 Å². The van der Waals surface area contributed by atoms with Crippen molar-refractivity contribution in [2.24, 2.45) is 0 Å². The monoisotopic (exact) mass is 257 g/mol. The van der Waals surface area contributed by atoms with Crippen LogP contribution in [0, 0.1) is 20.8 Å². The molecular formula is C17H23NO. The van der Waals surface area contributed by atoms with Crippen LogP contribution in [0.4, 0.5) is 0 Å². The molecule has 1 atom stereocenters. The van der Waals surface area contributed by atoms with Crippen LogP contribution in [-0.4, -0.2) is 6.54 Å². The zero-order valence-electron chi connectivity index (χ0n) is 12.3. The molecule has 1 heterocycles. The molecule has 2 heteroatoms. The van der Waals surface area contributed by atoms with E-state index in [1.165, 1.54) is 22.3 Å². The van der Waals surface area contributed by atoms with Crippen LogP contribution in [0.1, 0.15) is 47.4 Å². The van der Waals surface area contributed by atoms with Crippen LogP contribution >= 0.6 is 0 Å². The lowest BCUT2D eigenvalue weighted by Crippen LogP contribution is -2.24. The first-order valence-corrected chi connectivity index (χ1v) is 6.98. The minimum Gasteiger partial charge on any atom is -0.469 e. The van der Waals surface area contributed by atoms with Gasteiger partial charge in [-0.25, -0.2) is 0 Å². The Hall–Kier alpha value is -1.54. The summed E-state index contributed by atoms with van der Waals surface area (Å²) in [5.74, 6) is 0.994. The van der Waals surface area contributed by atoms with Crippen molar-refractivity contribution >= 4 is 0 Å². The summed E-state index contributed by atoms with van der Waals surface area (Å²) in [6.45, 7) is 9.53. The summed E-state index contributed by atoms with van der Waals surface area (Å²) in [7, 11) is 0. The highest BCUT2D eigenvalue weighted by Crippen LogP contribution is 2.28. The molecule has 0 radical (unpaired) electrons. The van der Waals surface area contributed by atoms with Gasteiger partial charge in [0.05, 0.1) is 12.3 Å². The average molecular weight is 257 g/mol. The van der Waals surface area contributed by atoms with Crippen LogP contribution in [-0.2, 0) is 0 Å². The second kappa shape index (κ2) is 6.07. The minimum absolute atomic E-state index is 0.222. The molecule has 0 saturated heterocycles. The third kappa shape index (κ3) is 3.07. The van der Waals surface area contributed by atoms with Crippen LogP contribution in [0.3, 0.4) is 0 Å². The van der Waals surface area contributed by atoms with Gasteiger partial charge in [0.1, 0.15) is 5.76 Å². The molecule has 1 aromatic carbocycles. The number of aryl methyl sites for hydroxylation is 3. The average Bonchev–Trinajstić information content (AvgIpc) is 2.78. The van der Waals surface area contributed by atoms with E-state index < -0.39 is 0 Å². The van der Waals surface area contributed by atoms with Crippen LogP contribution in [0.15, 0.2) is 34.9 Å². The smallest absolute Gasteiger partial charge is 0.105 e. The highest BCUT2D eigenvalue weighted by molar-refractivity contribution is 5.39. The predicted molar refractivity (Wildman–Crippen MR) is 79.5 cm³/mol. The van der Waals surface area contributed by atoms with E-state index in [1.54, 1.807) is 6.26 Å². The fourth-order valence-corrected chi connectivity index (χ4v) is 2.52. The lowest BCUT2D eigenvalue weighted by atomic mass is 9.94. The lowest BCUT2D eigenvalue weighted by molar-refractivity contribution is 0.517. The van der Waals surface area contributed by atoms with Gasteiger partial charge in [0, 0.05) is 5.56 Å². The van der Waals surface area contributed by atoms with Gasteiger partial charge in [0.2, 0.25) is 0 Å². The van der Waals surface area contributed by atoms with Gasteiger partial charge in [-0.1, -0.05) is 30.7 Å². The Labute approximate surface area is 115 Å². The molecule has 0 aliphatic heterocycles. The zero-order valence-corrected chi connectivity index (χ0v) is 12.3. The zero-order chi connectivity index (χ0) is 13.8. The Morgan fingerprint density at radius 2 is 1.89 bits per heavy atom. The molecule has 102 valence electrons. The van der Waals surface area contributed by atoms with Crippen molar-refractivity contribution in [3.8, 4) is 0 Å². The van der Waals surface area contributed by atoms with Crippen molar-refractivity contribution < 1.29 is 4.42 Å². The van der Waals surface area contributed by atoms with Crippen molar-refractivity contribution in [1.82, 2.24) is 5.32 Å². The summed E-state index contributed by atoms with van der Waals surface area (Å²) < 4.78 is 5.47. The molecule has 19 heavy (non-hydrogen) atoms. The number of nitrogens with one attached hydrogen (secondary N) is 1. The van der Waals surface area contributed by atoms with Crippen LogP contribution in [0.5, 0.6) is 0 Å². The molecule has 0 aliphatic rings. The largest absolute Gasteiger partial charge is 0.469 e. The van der Waals surface area contributed by atoms with E-state index in [0.717, 1.165) is 18.7 Å². The number of furan rings is 1. The van der Waals surface area contributed by atoms with Gasteiger partial charge in [0.25, 0.3) is 0 Å². The maximum absolute atomic E-state index is 5.47. The topological polar surface area (TPSA) is 25.2 Å². The van der Waals surface area contributed by atoms with Gasteiger partial charge in [0.15, 0.2) is 0 Å². The molecule has 0 aliphatic carbocycles. The summed E-state index contributed by atoms with van der Waals surface area (Å²) in [5.41, 5.74) is 5.21. The van der Waals surface area contributed by atoms with Crippen molar-refractivity contribution in [3.63, 3.8) is 0 Å². The molecule has 0 spiro atoms. The Bertz CT molecular complexity index is 542. The van der Waals surface area contributed by atoms with Crippen LogP contribution in [0.25, 0.3) is 0 Å². The van der Waals surface area contributed by atoms with E-state index in [1.807, 2.05) is 6.92 Å². The third-order valence-electron chi connectivity index (χ3n) is 3.54. The molecule has 0 amide bonds. The first kappa shape index (κ1) is 13.9. The van der Waals surface area contributed by atoms with Gasteiger partial charge in [-0.05, 0) is 50.9 Å². The molecular weight excluding hydrogens is 234 g/mol. The van der Waals surface area contributed by atoms with Crippen molar-refractivity contribution in [1.29, 1.82) is 0 Å². The molecule has 0 saturated carbocycles. The SMILES string of the molecule is CCCNC(c1ccc(C)cc1C)c1ccoc1C. The summed E-state index contributed by atoms with van der Waals surface area (Å²) in [4.78, 5) is 0. The van der Waals surface area contributed by atoms with Gasteiger partial charge >= 0.3 is 0 Å². The molecule has 1 N–H and O–H groups in total.